The molecule has 5 heteroatoms. The number of carbonyl (C=O) groups excluding carboxylic acids is 1. The van der Waals surface area contributed by atoms with Gasteiger partial charge in [0, 0.05) is 24.0 Å². The van der Waals surface area contributed by atoms with Crippen molar-refractivity contribution < 1.29 is 9.32 Å². The van der Waals surface area contributed by atoms with E-state index >= 15 is 0 Å². The SMILES string of the molecule is Cc1noc(C(C)C)c1C(=O)N(Cc1cccnc1)c1ccccc1. The molecule has 128 valence electrons. The number of hydrogen-bond acceptors (Lipinski definition) is 4. The van der Waals surface area contributed by atoms with Gasteiger partial charge in [-0.2, -0.15) is 0 Å². The van der Waals surface area contributed by atoms with E-state index in [1.807, 2.05) is 56.3 Å². The Morgan fingerprint density at radius 1 is 1.16 bits per heavy atom. The third-order valence-corrected chi connectivity index (χ3v) is 4.00. The van der Waals surface area contributed by atoms with Crippen molar-refractivity contribution in [2.24, 2.45) is 0 Å². The van der Waals surface area contributed by atoms with Crippen LogP contribution < -0.4 is 4.90 Å². The summed E-state index contributed by atoms with van der Waals surface area (Å²) in [6.07, 6.45) is 3.49. The van der Waals surface area contributed by atoms with Gasteiger partial charge >= 0.3 is 0 Å². The second kappa shape index (κ2) is 7.30. The van der Waals surface area contributed by atoms with Gasteiger partial charge in [-0.3, -0.25) is 9.78 Å². The van der Waals surface area contributed by atoms with Gasteiger partial charge in [-0.25, -0.2) is 0 Å². The molecular weight excluding hydrogens is 314 g/mol. The predicted molar refractivity (Wildman–Crippen MR) is 96.5 cm³/mol. The largest absolute Gasteiger partial charge is 0.360 e. The average Bonchev–Trinajstić information content (AvgIpc) is 3.02. The standard InChI is InChI=1S/C20H21N3O2/c1-14(2)19-18(15(3)22-25-19)20(24)23(17-9-5-4-6-10-17)13-16-8-7-11-21-12-16/h4-12,14H,13H2,1-3H3. The van der Waals surface area contributed by atoms with Crippen LogP contribution in [0.5, 0.6) is 0 Å². The lowest BCUT2D eigenvalue weighted by molar-refractivity contribution is 0.0982. The molecule has 0 atom stereocenters. The fraction of sp³-hybridized carbons (Fsp3) is 0.250. The number of aryl methyl sites for hydroxylation is 1. The van der Waals surface area contributed by atoms with Crippen LogP contribution in [0.1, 0.15) is 47.1 Å². The first-order valence-electron chi connectivity index (χ1n) is 8.30. The first-order valence-corrected chi connectivity index (χ1v) is 8.30. The third kappa shape index (κ3) is 3.60. The first kappa shape index (κ1) is 16.9. The summed E-state index contributed by atoms with van der Waals surface area (Å²) in [6, 6.07) is 13.4. The number of anilines is 1. The maximum absolute atomic E-state index is 13.4. The molecule has 1 amide bonds. The lowest BCUT2D eigenvalue weighted by Crippen LogP contribution is -2.31. The molecule has 0 bridgehead atoms. The van der Waals surface area contributed by atoms with Crippen LogP contribution in [0, 0.1) is 6.92 Å². The summed E-state index contributed by atoms with van der Waals surface area (Å²) >= 11 is 0. The molecule has 1 aromatic carbocycles. The summed E-state index contributed by atoms with van der Waals surface area (Å²) in [5.74, 6) is 0.586. The van der Waals surface area contributed by atoms with Gasteiger partial charge in [0.15, 0.2) is 5.76 Å². The minimum Gasteiger partial charge on any atom is -0.360 e. The molecule has 0 aliphatic heterocycles. The minimum absolute atomic E-state index is 0.0798. The van der Waals surface area contributed by atoms with E-state index in [0.717, 1.165) is 11.3 Å². The highest BCUT2D eigenvalue weighted by atomic mass is 16.5. The number of para-hydroxylation sites is 1. The van der Waals surface area contributed by atoms with E-state index in [9.17, 15) is 4.79 Å². The second-order valence-electron chi connectivity index (χ2n) is 6.25. The molecule has 0 N–H and O–H groups in total. The van der Waals surface area contributed by atoms with Gasteiger partial charge in [0.05, 0.1) is 12.2 Å². The Balaban J connectivity index is 2.03. The summed E-state index contributed by atoms with van der Waals surface area (Å²) < 4.78 is 5.40. The van der Waals surface area contributed by atoms with Crippen molar-refractivity contribution in [2.75, 3.05) is 4.90 Å². The molecule has 0 aliphatic rings. The highest BCUT2D eigenvalue weighted by Gasteiger charge is 2.27. The first-order chi connectivity index (χ1) is 12.1. The maximum Gasteiger partial charge on any atom is 0.264 e. The smallest absolute Gasteiger partial charge is 0.264 e. The lowest BCUT2D eigenvalue weighted by Gasteiger charge is -2.23. The number of rotatable bonds is 5. The number of hydrogen-bond donors (Lipinski definition) is 0. The van der Waals surface area contributed by atoms with Crippen molar-refractivity contribution in [3.05, 3.63) is 77.4 Å². The Morgan fingerprint density at radius 2 is 1.92 bits per heavy atom. The summed E-state index contributed by atoms with van der Waals surface area (Å²) in [4.78, 5) is 19.2. The number of aromatic nitrogens is 2. The zero-order chi connectivity index (χ0) is 17.8. The lowest BCUT2D eigenvalue weighted by atomic mass is 10.0. The Bertz CT molecular complexity index is 842. The molecule has 0 fully saturated rings. The van der Waals surface area contributed by atoms with E-state index in [1.54, 1.807) is 24.2 Å². The van der Waals surface area contributed by atoms with Gasteiger partial charge in [-0.1, -0.05) is 43.3 Å². The van der Waals surface area contributed by atoms with Gasteiger partial charge in [-0.05, 0) is 30.7 Å². The van der Waals surface area contributed by atoms with E-state index in [1.165, 1.54) is 0 Å². The molecule has 25 heavy (non-hydrogen) atoms. The van der Waals surface area contributed by atoms with Gasteiger partial charge in [-0.15, -0.1) is 0 Å². The molecular formula is C20H21N3O2. The molecule has 5 nitrogen and oxygen atoms in total. The van der Waals surface area contributed by atoms with Gasteiger partial charge in [0.25, 0.3) is 5.91 Å². The fourth-order valence-corrected chi connectivity index (χ4v) is 2.74. The average molecular weight is 335 g/mol. The third-order valence-electron chi connectivity index (χ3n) is 4.00. The maximum atomic E-state index is 13.4. The van der Waals surface area contributed by atoms with Crippen LogP contribution in [0.3, 0.4) is 0 Å². The number of pyridine rings is 1. The minimum atomic E-state index is -0.113. The van der Waals surface area contributed by atoms with Crippen molar-refractivity contribution in [3.63, 3.8) is 0 Å². The van der Waals surface area contributed by atoms with E-state index < -0.39 is 0 Å². The van der Waals surface area contributed by atoms with Crippen LogP contribution >= 0.6 is 0 Å². The van der Waals surface area contributed by atoms with Crippen LogP contribution in [0.15, 0.2) is 59.4 Å². The monoisotopic (exact) mass is 335 g/mol. The van der Waals surface area contributed by atoms with E-state index in [0.29, 0.717) is 23.6 Å². The van der Waals surface area contributed by atoms with Crippen LogP contribution in [-0.4, -0.2) is 16.0 Å². The number of nitrogens with zero attached hydrogens (tertiary/aromatic N) is 3. The Kier molecular flexibility index (Phi) is 4.93. The zero-order valence-corrected chi connectivity index (χ0v) is 14.6. The van der Waals surface area contributed by atoms with Gasteiger partial charge in [0.1, 0.15) is 5.56 Å². The fourth-order valence-electron chi connectivity index (χ4n) is 2.74. The summed E-state index contributed by atoms with van der Waals surface area (Å²) in [6.45, 7) is 6.21. The molecule has 0 spiro atoms. The molecule has 3 rings (SSSR count). The molecule has 2 heterocycles. The molecule has 0 saturated carbocycles. The van der Waals surface area contributed by atoms with Crippen molar-refractivity contribution in [1.82, 2.24) is 10.1 Å². The second-order valence-corrected chi connectivity index (χ2v) is 6.25. The topological polar surface area (TPSA) is 59.2 Å². The Labute approximate surface area is 147 Å². The van der Waals surface area contributed by atoms with Crippen molar-refractivity contribution in [1.29, 1.82) is 0 Å². The Morgan fingerprint density at radius 3 is 2.56 bits per heavy atom. The summed E-state index contributed by atoms with van der Waals surface area (Å²) in [5.41, 5.74) is 2.94. The van der Waals surface area contributed by atoms with Crippen LogP contribution in [0.2, 0.25) is 0 Å². The highest BCUT2D eigenvalue weighted by Crippen LogP contribution is 2.27. The van der Waals surface area contributed by atoms with Crippen molar-refractivity contribution >= 4 is 11.6 Å². The van der Waals surface area contributed by atoms with Crippen LogP contribution in [0.4, 0.5) is 5.69 Å². The quantitative estimate of drug-likeness (QED) is 0.695. The summed E-state index contributed by atoms with van der Waals surface area (Å²) in [7, 11) is 0. The molecule has 0 unspecified atom stereocenters. The molecule has 2 aromatic heterocycles. The van der Waals surface area contributed by atoms with Crippen molar-refractivity contribution in [2.45, 2.75) is 33.2 Å². The zero-order valence-electron chi connectivity index (χ0n) is 14.6. The predicted octanol–water partition coefficient (Wildman–Crippen LogP) is 4.35. The van der Waals surface area contributed by atoms with Crippen LogP contribution in [0.25, 0.3) is 0 Å². The molecule has 0 radical (unpaired) electrons. The molecule has 0 aliphatic carbocycles. The van der Waals surface area contributed by atoms with Gasteiger partial charge in [0.2, 0.25) is 0 Å². The molecule has 3 aromatic rings. The number of benzene rings is 1. The number of amides is 1. The van der Waals surface area contributed by atoms with Crippen molar-refractivity contribution in [3.8, 4) is 0 Å². The van der Waals surface area contributed by atoms with Crippen LogP contribution in [-0.2, 0) is 6.54 Å². The summed E-state index contributed by atoms with van der Waals surface area (Å²) in [5, 5.41) is 4.01. The Hall–Kier alpha value is -2.95. The van der Waals surface area contributed by atoms with Gasteiger partial charge < -0.3 is 9.42 Å². The van der Waals surface area contributed by atoms with E-state index in [4.69, 9.17) is 4.52 Å². The highest BCUT2D eigenvalue weighted by molar-refractivity contribution is 6.07. The van der Waals surface area contributed by atoms with E-state index in [-0.39, 0.29) is 11.8 Å². The normalized spacial score (nSPS) is 10.9. The molecule has 0 saturated heterocycles. The van der Waals surface area contributed by atoms with E-state index in [2.05, 4.69) is 10.1 Å². The number of carbonyl (C=O) groups is 1.